The predicted octanol–water partition coefficient (Wildman–Crippen LogP) is 3.41. The Morgan fingerprint density at radius 1 is 1.00 bits per heavy atom. The molecule has 1 saturated heterocycles. The Balaban J connectivity index is 3.09. The van der Waals surface area contributed by atoms with Gasteiger partial charge in [0.2, 0.25) is 0 Å². The lowest BCUT2D eigenvalue weighted by molar-refractivity contribution is -0.178. The molecule has 0 aromatic carbocycles. The molecule has 1 rings (SSSR count). The van der Waals surface area contributed by atoms with Crippen LogP contribution < -0.4 is 0 Å². The second-order valence-corrected chi connectivity index (χ2v) is 13.3. The Labute approximate surface area is 154 Å². The predicted molar refractivity (Wildman–Crippen MR) is 100 cm³/mol. The van der Waals surface area contributed by atoms with Gasteiger partial charge in [-0.2, -0.15) is 0 Å². The van der Waals surface area contributed by atoms with E-state index in [1.807, 2.05) is 0 Å². The third-order valence-electron chi connectivity index (χ3n) is 5.02. The van der Waals surface area contributed by atoms with E-state index in [9.17, 15) is 0 Å². The van der Waals surface area contributed by atoms with Crippen LogP contribution in [0.4, 0.5) is 0 Å². The Morgan fingerprint density at radius 2 is 1.52 bits per heavy atom. The number of epoxide rings is 1. The minimum Gasteiger partial charge on any atom is -0.409 e. The molecule has 1 aliphatic heterocycles. The zero-order valence-electron chi connectivity index (χ0n) is 17.5. The Bertz CT molecular complexity index is 364. The highest BCUT2D eigenvalue weighted by atomic mass is 28.4. The van der Waals surface area contributed by atoms with E-state index in [1.54, 1.807) is 14.2 Å². The maximum atomic E-state index is 6.78. The summed E-state index contributed by atoms with van der Waals surface area (Å²) in [6, 6.07) is 0. The number of hydrogen-bond acceptors (Lipinski definition) is 6. The lowest BCUT2D eigenvalue weighted by Crippen LogP contribution is -2.55. The molecule has 6 nitrogen and oxygen atoms in total. The van der Waals surface area contributed by atoms with Gasteiger partial charge >= 0.3 is 0 Å². The van der Waals surface area contributed by atoms with E-state index in [-0.39, 0.29) is 49.0 Å². The Hall–Kier alpha value is -0.0231. The number of ether oxygens (including phenoxy) is 5. The average Bonchev–Trinajstić information content (AvgIpc) is 3.30. The summed E-state index contributed by atoms with van der Waals surface area (Å²) >= 11 is 0. The van der Waals surface area contributed by atoms with Crippen molar-refractivity contribution in [1.29, 1.82) is 0 Å². The third kappa shape index (κ3) is 6.90. The molecule has 0 radical (unpaired) electrons. The third-order valence-corrected chi connectivity index (χ3v) is 9.50. The van der Waals surface area contributed by atoms with Crippen molar-refractivity contribution in [3.8, 4) is 0 Å². The minimum atomic E-state index is -2.03. The number of rotatable bonds is 12. The van der Waals surface area contributed by atoms with E-state index in [1.165, 1.54) is 0 Å². The van der Waals surface area contributed by atoms with Gasteiger partial charge in [-0.15, -0.1) is 0 Å². The van der Waals surface area contributed by atoms with Crippen molar-refractivity contribution in [2.24, 2.45) is 5.92 Å². The highest BCUT2D eigenvalue weighted by Gasteiger charge is 2.49. The average molecular weight is 379 g/mol. The van der Waals surface area contributed by atoms with Crippen LogP contribution in [0.15, 0.2) is 0 Å². The van der Waals surface area contributed by atoms with Crippen LogP contribution in [0.2, 0.25) is 18.1 Å². The molecular weight excluding hydrogens is 340 g/mol. The molecule has 0 bridgehead atoms. The largest absolute Gasteiger partial charge is 0.409 e. The van der Waals surface area contributed by atoms with E-state index < -0.39 is 8.32 Å². The smallest absolute Gasteiger partial charge is 0.192 e. The molecule has 2 unspecified atom stereocenters. The van der Waals surface area contributed by atoms with Gasteiger partial charge < -0.3 is 28.1 Å². The molecule has 25 heavy (non-hydrogen) atoms. The fourth-order valence-corrected chi connectivity index (χ4v) is 3.76. The van der Waals surface area contributed by atoms with Crippen molar-refractivity contribution in [1.82, 2.24) is 0 Å². The molecule has 1 aliphatic rings. The lowest BCUT2D eigenvalue weighted by atomic mass is 9.96. The van der Waals surface area contributed by atoms with Gasteiger partial charge in [0.05, 0.1) is 12.7 Å². The Morgan fingerprint density at radius 3 is 1.92 bits per heavy atom. The SMILES string of the molecule is COCOC(C(C)C)C(O[Si](C)(C)C(C)(C)C)[C@H](OCOC)[C@@H]1CO1. The lowest BCUT2D eigenvalue weighted by Gasteiger charge is -2.44. The molecule has 0 amide bonds. The summed E-state index contributed by atoms with van der Waals surface area (Å²) in [5, 5.41) is 0.0875. The first-order valence-electron chi connectivity index (χ1n) is 9.05. The number of methoxy groups -OCH3 is 2. The van der Waals surface area contributed by atoms with E-state index in [2.05, 4.69) is 47.7 Å². The zero-order chi connectivity index (χ0) is 19.3. The molecule has 0 aromatic heterocycles. The van der Waals surface area contributed by atoms with Gasteiger partial charge in [-0.05, 0) is 24.1 Å². The van der Waals surface area contributed by atoms with Crippen LogP contribution in [0.5, 0.6) is 0 Å². The van der Waals surface area contributed by atoms with E-state index >= 15 is 0 Å². The second kappa shape index (κ2) is 9.78. The van der Waals surface area contributed by atoms with Crippen LogP contribution >= 0.6 is 0 Å². The normalized spacial score (nSPS) is 22.1. The van der Waals surface area contributed by atoms with E-state index in [0.29, 0.717) is 6.61 Å². The summed E-state index contributed by atoms with van der Waals surface area (Å²) in [6.07, 6.45) is -0.588. The molecule has 0 aliphatic carbocycles. The van der Waals surface area contributed by atoms with Crippen LogP contribution in [0.1, 0.15) is 34.6 Å². The quantitative estimate of drug-likeness (QED) is 0.295. The van der Waals surface area contributed by atoms with Crippen LogP contribution in [0.3, 0.4) is 0 Å². The fraction of sp³-hybridized carbons (Fsp3) is 1.00. The van der Waals surface area contributed by atoms with Gasteiger partial charge in [-0.3, -0.25) is 0 Å². The van der Waals surface area contributed by atoms with Crippen molar-refractivity contribution in [2.45, 2.75) is 77.2 Å². The topological polar surface area (TPSA) is 58.7 Å². The summed E-state index contributed by atoms with van der Waals surface area (Å²) in [6.45, 7) is 16.6. The molecular formula is C18H38O6Si. The van der Waals surface area contributed by atoms with Crippen molar-refractivity contribution in [3.63, 3.8) is 0 Å². The molecule has 4 atom stereocenters. The highest BCUT2D eigenvalue weighted by Crippen LogP contribution is 2.40. The molecule has 0 spiro atoms. The first kappa shape index (κ1) is 23.0. The summed E-state index contributed by atoms with van der Waals surface area (Å²) in [7, 11) is 1.22. The highest BCUT2D eigenvalue weighted by molar-refractivity contribution is 6.74. The van der Waals surface area contributed by atoms with Crippen molar-refractivity contribution in [2.75, 3.05) is 34.4 Å². The molecule has 0 N–H and O–H groups in total. The van der Waals surface area contributed by atoms with Crippen LogP contribution in [0, 0.1) is 5.92 Å². The van der Waals surface area contributed by atoms with Crippen molar-refractivity contribution < 1.29 is 28.1 Å². The maximum absolute atomic E-state index is 6.78. The summed E-state index contributed by atoms with van der Waals surface area (Å²) in [5.74, 6) is 0.248. The summed E-state index contributed by atoms with van der Waals surface area (Å²) in [4.78, 5) is 0. The first-order valence-corrected chi connectivity index (χ1v) is 12.0. The Kier molecular flexibility index (Phi) is 9.00. The van der Waals surface area contributed by atoms with Gasteiger partial charge in [-0.25, -0.2) is 0 Å². The van der Waals surface area contributed by atoms with E-state index in [0.717, 1.165) is 0 Å². The standard InChI is InChI=1S/C18H38O6Si/c1-13(2)15(22-11-19-6)17(24-25(8,9)18(3,4)5)16(14-10-21-14)23-12-20-7/h13-17H,10-12H2,1-9H3/t14-,15?,16+,17?/m0/s1. The maximum Gasteiger partial charge on any atom is 0.192 e. The van der Waals surface area contributed by atoms with Crippen LogP contribution in [-0.2, 0) is 28.1 Å². The van der Waals surface area contributed by atoms with Crippen molar-refractivity contribution >= 4 is 8.32 Å². The van der Waals surface area contributed by atoms with Gasteiger partial charge in [0.25, 0.3) is 0 Å². The zero-order valence-corrected chi connectivity index (χ0v) is 18.5. The molecule has 0 saturated carbocycles. The number of hydrogen-bond donors (Lipinski definition) is 0. The van der Waals surface area contributed by atoms with Crippen molar-refractivity contribution in [3.05, 3.63) is 0 Å². The van der Waals surface area contributed by atoms with Gasteiger partial charge in [0, 0.05) is 14.2 Å². The van der Waals surface area contributed by atoms with Crippen LogP contribution in [-0.4, -0.2) is 67.1 Å². The monoisotopic (exact) mass is 378 g/mol. The van der Waals surface area contributed by atoms with Gasteiger partial charge in [0.15, 0.2) is 8.32 Å². The van der Waals surface area contributed by atoms with E-state index in [4.69, 9.17) is 28.1 Å². The van der Waals surface area contributed by atoms with Crippen LogP contribution in [0.25, 0.3) is 0 Å². The molecule has 0 aromatic rings. The molecule has 7 heteroatoms. The summed E-state index contributed by atoms with van der Waals surface area (Å²) < 4.78 is 34.6. The van der Waals surface area contributed by atoms with Gasteiger partial charge in [-0.1, -0.05) is 34.6 Å². The first-order chi connectivity index (χ1) is 11.5. The van der Waals surface area contributed by atoms with Gasteiger partial charge in [0.1, 0.15) is 31.9 Å². The minimum absolute atomic E-state index is 0.0253. The molecule has 150 valence electrons. The fourth-order valence-electron chi connectivity index (χ4n) is 2.46. The molecule has 1 heterocycles. The molecule has 1 fully saturated rings. The summed E-state index contributed by atoms with van der Waals surface area (Å²) in [5.41, 5.74) is 0. The second-order valence-electron chi connectivity index (χ2n) is 8.53.